The Bertz CT molecular complexity index is 342. The minimum atomic E-state index is -2.33. The van der Waals surface area contributed by atoms with Gasteiger partial charge in [0.05, 0.1) is 0 Å². The van der Waals surface area contributed by atoms with E-state index in [0.29, 0.717) is 5.76 Å². The first-order valence-electron chi connectivity index (χ1n) is 6.25. The van der Waals surface area contributed by atoms with Crippen LogP contribution in [0.1, 0.15) is 48.0 Å². The summed E-state index contributed by atoms with van der Waals surface area (Å²) in [5.41, 5.74) is 0.264. The first kappa shape index (κ1) is 15.7. The van der Waals surface area contributed by atoms with Gasteiger partial charge in [0.2, 0.25) is 0 Å². The van der Waals surface area contributed by atoms with Crippen molar-refractivity contribution in [2.45, 2.75) is 48.0 Å². The molecule has 0 amide bonds. The van der Waals surface area contributed by atoms with Gasteiger partial charge in [-0.05, 0) is 29.4 Å². The molecule has 0 bridgehead atoms. The molecule has 0 aromatic carbocycles. The highest BCUT2D eigenvalue weighted by Crippen LogP contribution is 2.57. The molecule has 0 heterocycles. The van der Waals surface area contributed by atoms with Crippen LogP contribution >= 0.6 is 8.60 Å². The van der Waals surface area contributed by atoms with E-state index in [9.17, 15) is 0 Å². The molecule has 0 spiro atoms. The van der Waals surface area contributed by atoms with Crippen LogP contribution in [0.4, 0.5) is 0 Å². The molecule has 0 fully saturated rings. The second-order valence-corrected chi connectivity index (χ2v) is 7.65. The number of hydrogen-bond acceptors (Lipinski definition) is 3. The molecule has 4 heteroatoms. The van der Waals surface area contributed by atoms with Gasteiger partial charge in [-0.3, -0.25) is 0 Å². The van der Waals surface area contributed by atoms with Crippen LogP contribution in [0, 0.1) is 16.2 Å². The van der Waals surface area contributed by atoms with Gasteiger partial charge in [-0.15, -0.1) is 0 Å². The smallest absolute Gasteiger partial charge is 0.391 e. The van der Waals surface area contributed by atoms with Crippen LogP contribution in [0.25, 0.3) is 0 Å². The van der Waals surface area contributed by atoms with Crippen LogP contribution in [0.15, 0.2) is 24.0 Å². The van der Waals surface area contributed by atoms with Gasteiger partial charge in [-0.1, -0.05) is 47.6 Å². The van der Waals surface area contributed by atoms with E-state index in [0.717, 1.165) is 6.42 Å². The Morgan fingerprint density at radius 2 is 1.61 bits per heavy atom. The van der Waals surface area contributed by atoms with Crippen molar-refractivity contribution in [3.63, 3.8) is 0 Å². The monoisotopic (exact) mass is 272 g/mol. The second-order valence-electron chi connectivity index (χ2n) is 6.96. The molecule has 0 unspecified atom stereocenters. The van der Waals surface area contributed by atoms with Crippen molar-refractivity contribution in [1.82, 2.24) is 0 Å². The largest absolute Gasteiger partial charge is 0.427 e. The summed E-state index contributed by atoms with van der Waals surface area (Å²) in [6.07, 6.45) is 6.83. The lowest BCUT2D eigenvalue weighted by Crippen LogP contribution is -2.45. The lowest BCUT2D eigenvalue weighted by Gasteiger charge is -2.53. The van der Waals surface area contributed by atoms with Gasteiger partial charge in [0, 0.05) is 5.41 Å². The maximum Gasteiger partial charge on any atom is 0.391 e. The molecule has 0 aromatic rings. The third kappa shape index (κ3) is 2.96. The van der Waals surface area contributed by atoms with E-state index in [-0.39, 0.29) is 16.2 Å². The Kier molecular flexibility index (Phi) is 4.32. The van der Waals surface area contributed by atoms with Crippen molar-refractivity contribution in [2.75, 3.05) is 0 Å². The highest BCUT2D eigenvalue weighted by atomic mass is 31.2. The number of rotatable bonds is 2. The molecule has 104 valence electrons. The SMILES string of the molecule is CC(C)(C)C1(C(C)(C)C)C=CC(OP(O)O)=CC1. The van der Waals surface area contributed by atoms with Crippen LogP contribution in [0.2, 0.25) is 0 Å². The molecule has 0 saturated carbocycles. The minimum absolute atomic E-state index is 0.0283. The van der Waals surface area contributed by atoms with Crippen molar-refractivity contribution in [3.05, 3.63) is 24.0 Å². The lowest BCUT2D eigenvalue weighted by atomic mass is 9.52. The number of hydrogen-bond donors (Lipinski definition) is 2. The standard InChI is InChI=1S/C14H25O3P/c1-12(2,3)14(13(4,5)6)9-7-11(8-10-14)17-18(15)16/h7-9,15-16H,10H2,1-6H3. The van der Waals surface area contributed by atoms with Crippen molar-refractivity contribution in [2.24, 2.45) is 16.2 Å². The minimum Gasteiger partial charge on any atom is -0.427 e. The summed E-state index contributed by atoms with van der Waals surface area (Å²) in [7, 11) is -2.33. The third-order valence-corrected chi connectivity index (χ3v) is 4.40. The van der Waals surface area contributed by atoms with Crippen LogP contribution in [-0.4, -0.2) is 9.79 Å². The van der Waals surface area contributed by atoms with Gasteiger partial charge in [0.25, 0.3) is 0 Å². The van der Waals surface area contributed by atoms with Gasteiger partial charge in [-0.25, -0.2) is 0 Å². The molecule has 1 aliphatic rings. The second kappa shape index (κ2) is 4.96. The van der Waals surface area contributed by atoms with Crippen LogP contribution in [0.3, 0.4) is 0 Å². The van der Waals surface area contributed by atoms with E-state index in [2.05, 4.69) is 47.6 Å². The molecule has 0 radical (unpaired) electrons. The Hall–Kier alpha value is -0.370. The summed E-state index contributed by atoms with van der Waals surface area (Å²) in [4.78, 5) is 17.8. The van der Waals surface area contributed by atoms with E-state index in [1.54, 1.807) is 0 Å². The summed E-state index contributed by atoms with van der Waals surface area (Å²) in [6.45, 7) is 13.5. The van der Waals surface area contributed by atoms with E-state index in [1.807, 2.05) is 12.2 Å². The topological polar surface area (TPSA) is 49.7 Å². The molecule has 1 rings (SSSR count). The van der Waals surface area contributed by atoms with Crippen LogP contribution in [-0.2, 0) is 4.52 Å². The molecule has 18 heavy (non-hydrogen) atoms. The molecule has 3 nitrogen and oxygen atoms in total. The maximum atomic E-state index is 8.88. The maximum absolute atomic E-state index is 8.88. The van der Waals surface area contributed by atoms with Crippen molar-refractivity contribution in [1.29, 1.82) is 0 Å². The Morgan fingerprint density at radius 3 is 1.89 bits per heavy atom. The average Bonchev–Trinajstić information content (AvgIpc) is 2.13. The summed E-state index contributed by atoms with van der Waals surface area (Å²) in [5, 5.41) is 0. The Labute approximate surface area is 112 Å². The van der Waals surface area contributed by atoms with E-state index in [4.69, 9.17) is 14.3 Å². The zero-order valence-corrected chi connectivity index (χ0v) is 13.1. The molecular formula is C14H25O3P. The van der Waals surface area contributed by atoms with Crippen LogP contribution < -0.4 is 0 Å². The number of allylic oxidation sites excluding steroid dienone is 3. The van der Waals surface area contributed by atoms with E-state index < -0.39 is 8.60 Å². The van der Waals surface area contributed by atoms with Crippen molar-refractivity contribution in [3.8, 4) is 0 Å². The van der Waals surface area contributed by atoms with E-state index in [1.165, 1.54) is 0 Å². The summed E-state index contributed by atoms with van der Waals surface area (Å²) < 4.78 is 4.96. The van der Waals surface area contributed by atoms with Gasteiger partial charge >= 0.3 is 8.60 Å². The fraction of sp³-hybridized carbons (Fsp3) is 0.714. The molecule has 0 aliphatic heterocycles. The van der Waals surface area contributed by atoms with Gasteiger partial charge in [-0.2, -0.15) is 0 Å². The summed E-state index contributed by atoms with van der Waals surface area (Å²) in [5.74, 6) is 0.551. The Morgan fingerprint density at radius 1 is 1.11 bits per heavy atom. The van der Waals surface area contributed by atoms with Gasteiger partial charge < -0.3 is 14.3 Å². The summed E-state index contributed by atoms with van der Waals surface area (Å²) in [6, 6.07) is 0. The van der Waals surface area contributed by atoms with Gasteiger partial charge in [0.1, 0.15) is 5.76 Å². The van der Waals surface area contributed by atoms with Gasteiger partial charge in [0.15, 0.2) is 0 Å². The van der Waals surface area contributed by atoms with E-state index >= 15 is 0 Å². The first-order chi connectivity index (χ1) is 7.99. The van der Waals surface area contributed by atoms with Crippen molar-refractivity contribution < 1.29 is 14.3 Å². The predicted molar refractivity (Wildman–Crippen MR) is 75.6 cm³/mol. The lowest BCUT2D eigenvalue weighted by molar-refractivity contribution is 0.0177. The molecule has 1 aliphatic carbocycles. The molecular weight excluding hydrogens is 247 g/mol. The zero-order chi connectivity index (χ0) is 14.2. The molecule has 0 aromatic heterocycles. The third-order valence-electron chi connectivity index (χ3n) is 4.02. The molecule has 0 saturated heterocycles. The molecule has 0 atom stereocenters. The van der Waals surface area contributed by atoms with Crippen LogP contribution in [0.5, 0.6) is 0 Å². The fourth-order valence-corrected chi connectivity index (χ4v) is 3.35. The first-order valence-corrected chi connectivity index (χ1v) is 7.41. The fourth-order valence-electron chi connectivity index (χ4n) is 3.02. The summed E-state index contributed by atoms with van der Waals surface area (Å²) >= 11 is 0. The quantitative estimate of drug-likeness (QED) is 0.743. The predicted octanol–water partition coefficient (Wildman–Crippen LogP) is 4.14. The average molecular weight is 272 g/mol. The Balaban J connectivity index is 3.03. The molecule has 2 N–H and O–H groups in total. The normalized spacial score (nSPS) is 19.9. The van der Waals surface area contributed by atoms with Crippen molar-refractivity contribution >= 4 is 8.60 Å². The zero-order valence-electron chi connectivity index (χ0n) is 12.2. The highest BCUT2D eigenvalue weighted by Gasteiger charge is 2.48. The highest BCUT2D eigenvalue weighted by molar-refractivity contribution is 7.39.